The molecule has 3 nitrogen and oxygen atoms in total. The molecule has 0 amide bonds. The van der Waals surface area contributed by atoms with Gasteiger partial charge in [0.25, 0.3) is 0 Å². The first kappa shape index (κ1) is 29.4. The second-order valence-corrected chi connectivity index (χ2v) is 1.35. The topological polar surface area (TPSA) is 55.3 Å². The van der Waals surface area contributed by atoms with Gasteiger partial charge < -0.3 is 39.1 Å². The first-order valence-corrected chi connectivity index (χ1v) is 2.64. The molecule has 0 aromatic rings. The van der Waals surface area contributed by atoms with Crippen LogP contribution in [0.5, 0.6) is 0 Å². The Labute approximate surface area is 106 Å². The van der Waals surface area contributed by atoms with Crippen LogP contribution in [0.15, 0.2) is 0 Å². The number of halogens is 2. The SMILES string of the molecule is CCOP([O-])[O-].[Cl-].[Cl-].[Mg+2].[Mg+2]. The van der Waals surface area contributed by atoms with Crippen molar-refractivity contribution < 1.29 is 39.1 Å². The van der Waals surface area contributed by atoms with Gasteiger partial charge in [0.1, 0.15) is 0 Å². The van der Waals surface area contributed by atoms with Gasteiger partial charge in [-0.25, -0.2) is 0 Å². The van der Waals surface area contributed by atoms with E-state index in [1.165, 1.54) is 0 Å². The molecule has 0 aromatic heterocycles. The Bertz CT molecular complexity index is 43.7. The van der Waals surface area contributed by atoms with Gasteiger partial charge in [-0.15, -0.1) is 0 Å². The molecule has 0 aliphatic heterocycles. The molecule has 0 radical (unpaired) electrons. The molecule has 0 atom stereocenters. The Kier molecular flexibility index (Phi) is 66.3. The van der Waals surface area contributed by atoms with Gasteiger partial charge in [0.2, 0.25) is 0 Å². The fourth-order valence-corrected chi connectivity index (χ4v) is 0.316. The van der Waals surface area contributed by atoms with E-state index in [9.17, 15) is 9.79 Å². The molecule has 0 N–H and O–H groups in total. The smallest absolute Gasteiger partial charge is 1.00 e. The van der Waals surface area contributed by atoms with Crippen LogP contribution in [0.1, 0.15) is 6.92 Å². The van der Waals surface area contributed by atoms with Crippen LogP contribution in [0.2, 0.25) is 0 Å². The summed E-state index contributed by atoms with van der Waals surface area (Å²) in [4.78, 5) is 18.8. The first-order chi connectivity index (χ1) is 2.77. The minimum absolute atomic E-state index is 0. The Balaban J connectivity index is -0.0000000208. The molecular formula is C2H5Cl2Mg2O3P. The van der Waals surface area contributed by atoms with Crippen LogP contribution < -0.4 is 34.6 Å². The molecule has 0 heterocycles. The number of hydrogen-bond acceptors (Lipinski definition) is 3. The predicted molar refractivity (Wildman–Crippen MR) is 30.1 cm³/mol. The molecule has 0 bridgehead atoms. The monoisotopic (exact) mass is 226 g/mol. The summed E-state index contributed by atoms with van der Waals surface area (Å²) in [6.45, 7) is 1.85. The van der Waals surface area contributed by atoms with Gasteiger partial charge in [-0.2, -0.15) is 8.60 Å². The van der Waals surface area contributed by atoms with Crippen LogP contribution in [0, 0.1) is 0 Å². The first-order valence-electron chi connectivity index (χ1n) is 1.54. The van der Waals surface area contributed by atoms with Crippen LogP contribution >= 0.6 is 8.60 Å². The molecule has 10 heavy (non-hydrogen) atoms. The van der Waals surface area contributed by atoms with Crippen LogP contribution in [-0.4, -0.2) is 52.7 Å². The van der Waals surface area contributed by atoms with Crippen molar-refractivity contribution in [2.75, 3.05) is 6.61 Å². The summed E-state index contributed by atoms with van der Waals surface area (Å²) in [5, 5.41) is 0. The van der Waals surface area contributed by atoms with Gasteiger partial charge >= 0.3 is 46.1 Å². The second-order valence-electron chi connectivity index (χ2n) is 0.641. The Morgan fingerprint density at radius 1 is 1.20 bits per heavy atom. The summed E-state index contributed by atoms with van der Waals surface area (Å²) < 4.78 is 4.00. The molecule has 0 rings (SSSR count). The summed E-state index contributed by atoms with van der Waals surface area (Å²) in [6, 6.07) is 0. The van der Waals surface area contributed by atoms with Crippen molar-refractivity contribution in [2.45, 2.75) is 6.92 Å². The average molecular weight is 228 g/mol. The molecule has 8 heteroatoms. The van der Waals surface area contributed by atoms with Gasteiger partial charge in [-0.3, -0.25) is 0 Å². The summed E-state index contributed by atoms with van der Waals surface area (Å²) in [5.74, 6) is 0. The maximum Gasteiger partial charge on any atom is 2.00 e. The Morgan fingerprint density at radius 2 is 1.50 bits per heavy atom. The summed E-state index contributed by atoms with van der Waals surface area (Å²) in [7, 11) is -2.60. The molecule has 0 aliphatic carbocycles. The van der Waals surface area contributed by atoms with E-state index in [-0.39, 0.29) is 77.5 Å². The minimum atomic E-state index is -2.60. The molecule has 0 unspecified atom stereocenters. The van der Waals surface area contributed by atoms with Crippen molar-refractivity contribution in [3.63, 3.8) is 0 Å². The maximum absolute atomic E-state index is 9.41. The van der Waals surface area contributed by atoms with Gasteiger partial charge in [0, 0.05) is 6.61 Å². The van der Waals surface area contributed by atoms with Gasteiger partial charge in [-0.1, -0.05) is 0 Å². The third-order valence-corrected chi connectivity index (χ3v) is 0.704. The fraction of sp³-hybridized carbons (Fsp3) is 1.00. The van der Waals surface area contributed by atoms with Crippen molar-refractivity contribution in [1.82, 2.24) is 0 Å². The minimum Gasteiger partial charge on any atom is -1.00 e. The molecule has 54 valence electrons. The van der Waals surface area contributed by atoms with Crippen molar-refractivity contribution in [2.24, 2.45) is 0 Å². The zero-order chi connectivity index (χ0) is 4.99. The quantitative estimate of drug-likeness (QED) is 0.348. The summed E-state index contributed by atoms with van der Waals surface area (Å²) >= 11 is 0. The fourth-order valence-electron chi connectivity index (χ4n) is 0.105. The standard InChI is InChI=1S/C2H5O3P.2ClH.2Mg/c1-2-5-6(3)4;;;;/h2H2,1H3;2*1H;;/q-2;;;2*+2/p-2. The van der Waals surface area contributed by atoms with E-state index in [4.69, 9.17) is 0 Å². The normalized spacial score (nSPS) is 6.00. The van der Waals surface area contributed by atoms with E-state index in [0.717, 1.165) is 0 Å². The molecule has 0 saturated carbocycles. The van der Waals surface area contributed by atoms with E-state index in [1.807, 2.05) is 0 Å². The van der Waals surface area contributed by atoms with E-state index in [2.05, 4.69) is 4.52 Å². The Morgan fingerprint density at radius 3 is 1.50 bits per heavy atom. The van der Waals surface area contributed by atoms with Crippen LogP contribution in [0.25, 0.3) is 0 Å². The van der Waals surface area contributed by atoms with E-state index in [1.54, 1.807) is 6.92 Å². The van der Waals surface area contributed by atoms with Crippen LogP contribution in [-0.2, 0) is 4.52 Å². The van der Waals surface area contributed by atoms with E-state index in [0.29, 0.717) is 0 Å². The molecule has 0 aromatic carbocycles. The maximum atomic E-state index is 9.41. The molecule has 0 spiro atoms. The van der Waals surface area contributed by atoms with Crippen molar-refractivity contribution in [1.29, 1.82) is 0 Å². The largest absolute Gasteiger partial charge is 2.00 e. The zero-order valence-electron chi connectivity index (χ0n) is 5.55. The predicted octanol–water partition coefficient (Wildman–Crippen LogP) is -7.78. The van der Waals surface area contributed by atoms with Crippen LogP contribution in [0.3, 0.4) is 0 Å². The van der Waals surface area contributed by atoms with Gasteiger partial charge in [0.05, 0.1) is 0 Å². The third-order valence-electron chi connectivity index (χ3n) is 0.235. The molecule has 0 aliphatic rings. The molecular weight excluding hydrogens is 223 g/mol. The Hall–Kier alpha value is 2.42. The zero-order valence-corrected chi connectivity index (χ0v) is 10.8. The average Bonchev–Trinajstić information content (AvgIpc) is 1.35. The van der Waals surface area contributed by atoms with Crippen LogP contribution in [0.4, 0.5) is 0 Å². The second kappa shape index (κ2) is 22.5. The third kappa shape index (κ3) is 31.5. The van der Waals surface area contributed by atoms with Crippen molar-refractivity contribution >= 4 is 54.7 Å². The van der Waals surface area contributed by atoms with Crippen molar-refractivity contribution in [3.8, 4) is 0 Å². The van der Waals surface area contributed by atoms with E-state index < -0.39 is 8.60 Å². The van der Waals surface area contributed by atoms with E-state index >= 15 is 0 Å². The van der Waals surface area contributed by atoms with Gasteiger partial charge in [-0.05, 0) is 6.92 Å². The molecule has 0 saturated heterocycles. The summed E-state index contributed by atoms with van der Waals surface area (Å²) in [6.07, 6.45) is 0. The number of rotatable bonds is 2. The number of hydrogen-bond donors (Lipinski definition) is 0. The van der Waals surface area contributed by atoms with Crippen molar-refractivity contribution in [3.05, 3.63) is 0 Å². The van der Waals surface area contributed by atoms with Gasteiger partial charge in [0.15, 0.2) is 0 Å². The molecule has 0 fully saturated rings. The summed E-state index contributed by atoms with van der Waals surface area (Å²) in [5.41, 5.74) is 0.